The second-order valence-corrected chi connectivity index (χ2v) is 10.7. The Bertz CT molecular complexity index is 1360. The molecule has 0 aliphatic heterocycles. The number of nitro benzene ring substituents is 2. The molecule has 0 radical (unpaired) electrons. The van der Waals surface area contributed by atoms with E-state index in [4.69, 9.17) is 0 Å². The monoisotopic (exact) mass is 832 g/mol. The Morgan fingerprint density at radius 2 is 1.10 bits per heavy atom. The van der Waals surface area contributed by atoms with Crippen LogP contribution in [0, 0.1) is 33.0 Å². The van der Waals surface area contributed by atoms with Gasteiger partial charge in [-0.3, -0.25) is 20.2 Å². The normalized spacial score (nSPS) is 8.35. The number of hydrogen-bond donors (Lipinski definition) is 1. The molecule has 0 amide bonds. The molecule has 4 aromatic rings. The largest absolute Gasteiger partial charge is 0.269 e. The SMILES string of the molecule is C.C.CC.CC.CC.CC.Cc1ccc(CS)c(Br)c1.O=[N+]([O-])c1ccc(F)cc1.O=[N+]([O-])c1ccc(SCc2ccccc2Br)cc1. The summed E-state index contributed by atoms with van der Waals surface area (Å²) in [5, 5.41) is 20.5. The summed E-state index contributed by atoms with van der Waals surface area (Å²) in [6.45, 7) is 18.1. The minimum Gasteiger partial charge on any atom is -0.258 e. The molecule has 11 heteroatoms. The van der Waals surface area contributed by atoms with Gasteiger partial charge in [0, 0.05) is 49.6 Å². The Morgan fingerprint density at radius 1 is 0.667 bits per heavy atom. The first-order valence-corrected chi connectivity index (χ1v) is 18.2. The molecular weight excluding hydrogens is 779 g/mol. The maximum absolute atomic E-state index is 12.1. The van der Waals surface area contributed by atoms with Crippen LogP contribution in [0.3, 0.4) is 0 Å². The minimum atomic E-state index is -0.570. The third kappa shape index (κ3) is 24.4. The van der Waals surface area contributed by atoms with E-state index in [2.05, 4.69) is 75.7 Å². The van der Waals surface area contributed by atoms with E-state index in [1.165, 1.54) is 28.8 Å². The zero-order chi connectivity index (χ0) is 36.1. The third-order valence-corrected chi connectivity index (χ3v) is 7.73. The molecule has 0 aromatic heterocycles. The summed E-state index contributed by atoms with van der Waals surface area (Å²) < 4.78 is 14.4. The van der Waals surface area contributed by atoms with Crippen molar-refractivity contribution in [2.75, 3.05) is 0 Å². The Balaban J connectivity index is -0.000000179. The van der Waals surface area contributed by atoms with Crippen molar-refractivity contribution >= 4 is 67.6 Å². The first-order valence-electron chi connectivity index (χ1n) is 15.0. The Labute approximate surface area is 316 Å². The summed E-state index contributed by atoms with van der Waals surface area (Å²) in [6.07, 6.45) is 0. The van der Waals surface area contributed by atoms with Crippen LogP contribution in [0.15, 0.2) is 105 Å². The molecule has 0 saturated heterocycles. The summed E-state index contributed by atoms with van der Waals surface area (Å²) in [5.74, 6) is 1.16. The van der Waals surface area contributed by atoms with E-state index < -0.39 is 10.7 Å². The fourth-order valence-electron chi connectivity index (χ4n) is 2.78. The molecule has 0 heterocycles. The molecule has 48 heavy (non-hydrogen) atoms. The lowest BCUT2D eigenvalue weighted by Gasteiger charge is -2.04. The van der Waals surface area contributed by atoms with Crippen LogP contribution in [0.4, 0.5) is 15.8 Å². The zero-order valence-corrected chi connectivity index (χ0v) is 33.0. The maximum Gasteiger partial charge on any atom is 0.269 e. The lowest BCUT2D eigenvalue weighted by Crippen LogP contribution is -1.87. The smallest absolute Gasteiger partial charge is 0.258 e. The second kappa shape index (κ2) is 35.6. The maximum atomic E-state index is 12.1. The van der Waals surface area contributed by atoms with Gasteiger partial charge in [-0.1, -0.05) is 132 Å². The van der Waals surface area contributed by atoms with Gasteiger partial charge in [-0.2, -0.15) is 12.6 Å². The molecule has 0 spiro atoms. The average Bonchev–Trinajstić information content (AvgIpc) is 3.09. The predicted molar refractivity (Wildman–Crippen MR) is 220 cm³/mol. The van der Waals surface area contributed by atoms with Crippen LogP contribution in [-0.4, -0.2) is 9.85 Å². The fourth-order valence-corrected chi connectivity index (χ4v) is 5.42. The lowest BCUT2D eigenvalue weighted by molar-refractivity contribution is -0.385. The van der Waals surface area contributed by atoms with Crippen molar-refractivity contribution in [1.29, 1.82) is 0 Å². The summed E-state index contributed by atoms with van der Waals surface area (Å²) in [7, 11) is 0. The van der Waals surface area contributed by atoms with Gasteiger partial charge in [0.15, 0.2) is 0 Å². The highest BCUT2D eigenvalue weighted by Crippen LogP contribution is 2.28. The van der Waals surface area contributed by atoms with E-state index in [0.29, 0.717) is 0 Å². The summed E-state index contributed by atoms with van der Waals surface area (Å²) in [6, 6.07) is 25.3. The van der Waals surface area contributed by atoms with Gasteiger partial charge in [-0.25, -0.2) is 4.39 Å². The minimum absolute atomic E-state index is 0. The van der Waals surface area contributed by atoms with E-state index in [1.54, 1.807) is 23.9 Å². The number of nitrogens with zero attached hydrogens (tertiary/aromatic N) is 2. The quantitative estimate of drug-likeness (QED) is 0.0905. The number of benzene rings is 4. The third-order valence-electron chi connectivity index (χ3n) is 4.82. The molecule has 0 aliphatic rings. The average molecular weight is 835 g/mol. The van der Waals surface area contributed by atoms with E-state index in [9.17, 15) is 24.6 Å². The highest BCUT2D eigenvalue weighted by atomic mass is 79.9. The number of aryl methyl sites for hydroxylation is 1. The van der Waals surface area contributed by atoms with E-state index in [0.717, 1.165) is 49.6 Å². The van der Waals surface area contributed by atoms with Gasteiger partial charge in [-0.15, -0.1) is 11.8 Å². The predicted octanol–water partition coefficient (Wildman–Crippen LogP) is 14.9. The molecule has 0 atom stereocenters. The van der Waals surface area contributed by atoms with Crippen molar-refractivity contribution < 1.29 is 14.2 Å². The van der Waals surface area contributed by atoms with Crippen molar-refractivity contribution in [2.45, 2.75) is 93.6 Å². The zero-order valence-electron chi connectivity index (χ0n) is 28.1. The summed E-state index contributed by atoms with van der Waals surface area (Å²) in [5.41, 5.74) is 3.76. The first kappa shape index (κ1) is 54.7. The number of nitro groups is 2. The van der Waals surface area contributed by atoms with Crippen molar-refractivity contribution in [1.82, 2.24) is 0 Å². The van der Waals surface area contributed by atoms with Gasteiger partial charge >= 0.3 is 0 Å². The number of hydrogen-bond acceptors (Lipinski definition) is 6. The van der Waals surface area contributed by atoms with Crippen LogP contribution >= 0.6 is 56.3 Å². The molecule has 4 aromatic carbocycles. The molecule has 0 saturated carbocycles. The van der Waals surface area contributed by atoms with Gasteiger partial charge in [0.25, 0.3) is 11.4 Å². The van der Waals surface area contributed by atoms with Crippen LogP contribution in [0.5, 0.6) is 0 Å². The van der Waals surface area contributed by atoms with Crippen LogP contribution < -0.4 is 0 Å². The standard InChI is InChI=1S/C13H10BrNO2S.C8H9BrS.C6H4FNO2.4C2H6.2CH4/c14-13-4-2-1-3-10(13)9-18-12-7-5-11(6-8-12)15(16)17;1-6-2-3-7(5-10)8(9)4-6;7-5-1-3-6(4-2-5)8(9)10;4*1-2;;/h1-8H,9H2;2-4,10H,5H2,1H3;1-4H;4*1-2H3;2*1H4. The van der Waals surface area contributed by atoms with Gasteiger partial charge in [0.05, 0.1) is 9.85 Å². The molecule has 0 N–H and O–H groups in total. The van der Waals surface area contributed by atoms with Gasteiger partial charge < -0.3 is 0 Å². The Hall–Kier alpha value is -2.73. The number of thioether (sulfide) groups is 1. The van der Waals surface area contributed by atoms with Gasteiger partial charge in [-0.05, 0) is 60.0 Å². The molecule has 270 valence electrons. The first-order chi connectivity index (χ1) is 22.1. The summed E-state index contributed by atoms with van der Waals surface area (Å²) >= 11 is 12.8. The van der Waals surface area contributed by atoms with Crippen molar-refractivity contribution in [3.63, 3.8) is 0 Å². The van der Waals surface area contributed by atoms with Gasteiger partial charge in [0.2, 0.25) is 0 Å². The van der Waals surface area contributed by atoms with E-state index >= 15 is 0 Å². The number of halogens is 3. The van der Waals surface area contributed by atoms with Crippen LogP contribution in [0.1, 0.15) is 86.9 Å². The Kier molecular flexibility index (Phi) is 40.5. The molecule has 6 nitrogen and oxygen atoms in total. The van der Waals surface area contributed by atoms with Crippen LogP contribution in [-0.2, 0) is 11.5 Å². The number of rotatable bonds is 6. The van der Waals surface area contributed by atoms with Crippen LogP contribution in [0.2, 0.25) is 0 Å². The van der Waals surface area contributed by atoms with Crippen molar-refractivity contribution in [3.05, 3.63) is 143 Å². The van der Waals surface area contributed by atoms with Crippen molar-refractivity contribution in [3.8, 4) is 0 Å². The highest BCUT2D eigenvalue weighted by molar-refractivity contribution is 9.10. The molecule has 0 fully saturated rings. The number of thiol groups is 1. The van der Waals surface area contributed by atoms with E-state index in [1.807, 2.05) is 73.6 Å². The molecular formula is C37H55Br2FN2O4S2. The molecule has 0 unspecified atom stereocenters. The van der Waals surface area contributed by atoms with Crippen molar-refractivity contribution in [2.24, 2.45) is 0 Å². The van der Waals surface area contributed by atoms with E-state index in [-0.39, 0.29) is 31.2 Å². The molecule has 0 aliphatic carbocycles. The molecule has 4 rings (SSSR count). The fraction of sp³-hybridized carbons (Fsp3) is 0.351. The summed E-state index contributed by atoms with van der Waals surface area (Å²) in [4.78, 5) is 20.6. The Morgan fingerprint density at radius 3 is 1.50 bits per heavy atom. The lowest BCUT2D eigenvalue weighted by atomic mass is 10.2. The highest BCUT2D eigenvalue weighted by Gasteiger charge is 2.05. The van der Waals surface area contributed by atoms with Gasteiger partial charge in [0.1, 0.15) is 5.82 Å². The molecule has 0 bridgehead atoms. The second-order valence-electron chi connectivity index (χ2n) is 7.62. The number of non-ortho nitro benzene ring substituents is 2. The topological polar surface area (TPSA) is 86.3 Å². The van der Waals surface area contributed by atoms with Crippen LogP contribution in [0.25, 0.3) is 0 Å².